The summed E-state index contributed by atoms with van der Waals surface area (Å²) < 4.78 is 12.2. The molecule has 1 aromatic rings. The summed E-state index contributed by atoms with van der Waals surface area (Å²) in [6.07, 6.45) is 0.180. The number of esters is 1. The molecule has 0 saturated heterocycles. The molecule has 0 bridgehead atoms. The molecule has 0 amide bonds. The fraction of sp³-hybridized carbons (Fsp3) is 0.769. The Kier molecular flexibility index (Phi) is 5.95. The van der Waals surface area contributed by atoms with E-state index in [4.69, 9.17) is 9.47 Å². The third kappa shape index (κ3) is 4.98. The van der Waals surface area contributed by atoms with Gasteiger partial charge in [0.15, 0.2) is 5.69 Å². The minimum atomic E-state index is -0.415. The van der Waals surface area contributed by atoms with Gasteiger partial charge in [0.05, 0.1) is 31.6 Å². The predicted octanol–water partition coefficient (Wildman–Crippen LogP) is 1.82. The summed E-state index contributed by atoms with van der Waals surface area (Å²) in [7, 11) is 0. The number of aromatic nitrogens is 3. The number of nitrogens with zero attached hydrogens (tertiary/aromatic N) is 3. The van der Waals surface area contributed by atoms with E-state index in [1.165, 1.54) is 0 Å². The molecule has 0 radical (unpaired) electrons. The Morgan fingerprint density at radius 3 is 2.58 bits per heavy atom. The van der Waals surface area contributed by atoms with Crippen LogP contribution in [-0.2, 0) is 16.0 Å². The molecule has 0 aromatic carbocycles. The van der Waals surface area contributed by atoms with Gasteiger partial charge in [0, 0.05) is 0 Å². The third-order valence-corrected chi connectivity index (χ3v) is 2.48. The van der Waals surface area contributed by atoms with Crippen LogP contribution in [0.4, 0.5) is 0 Å². The predicted molar refractivity (Wildman–Crippen MR) is 71.0 cm³/mol. The highest BCUT2D eigenvalue weighted by Gasteiger charge is 2.18. The summed E-state index contributed by atoms with van der Waals surface area (Å²) in [5.41, 5.74) is 0.992. The summed E-state index contributed by atoms with van der Waals surface area (Å²) >= 11 is 0. The van der Waals surface area contributed by atoms with Crippen LogP contribution < -0.4 is 0 Å². The van der Waals surface area contributed by atoms with Gasteiger partial charge in [0.25, 0.3) is 0 Å². The van der Waals surface area contributed by atoms with E-state index in [1.807, 2.05) is 27.7 Å². The zero-order chi connectivity index (χ0) is 14.4. The number of hydrogen-bond donors (Lipinski definition) is 0. The summed E-state index contributed by atoms with van der Waals surface area (Å²) in [5, 5.41) is 7.82. The van der Waals surface area contributed by atoms with Crippen LogP contribution in [0.25, 0.3) is 0 Å². The average molecular weight is 269 g/mol. The van der Waals surface area contributed by atoms with E-state index >= 15 is 0 Å². The van der Waals surface area contributed by atoms with E-state index < -0.39 is 5.97 Å². The molecule has 1 rings (SSSR count). The lowest BCUT2D eigenvalue weighted by Gasteiger charge is -2.08. The average Bonchev–Trinajstić information content (AvgIpc) is 2.68. The third-order valence-electron chi connectivity index (χ3n) is 2.48. The Morgan fingerprint density at radius 2 is 2.00 bits per heavy atom. The van der Waals surface area contributed by atoms with Crippen LogP contribution in [0.15, 0.2) is 0 Å². The summed E-state index contributed by atoms with van der Waals surface area (Å²) in [4.78, 5) is 11.8. The van der Waals surface area contributed by atoms with Crippen molar-refractivity contribution >= 4 is 5.97 Å². The van der Waals surface area contributed by atoms with Gasteiger partial charge in [-0.3, -0.25) is 0 Å². The first-order valence-corrected chi connectivity index (χ1v) is 6.60. The maximum Gasteiger partial charge on any atom is 0.360 e. The van der Waals surface area contributed by atoms with Crippen molar-refractivity contribution in [1.29, 1.82) is 0 Å². The molecule has 0 saturated carbocycles. The van der Waals surface area contributed by atoms with Gasteiger partial charge in [-0.1, -0.05) is 19.1 Å². The molecule has 19 heavy (non-hydrogen) atoms. The molecular formula is C13H23N3O3. The highest BCUT2D eigenvalue weighted by Crippen LogP contribution is 2.07. The first kappa shape index (κ1) is 15.6. The van der Waals surface area contributed by atoms with Crippen LogP contribution >= 0.6 is 0 Å². The normalized spacial score (nSPS) is 11.3. The highest BCUT2D eigenvalue weighted by molar-refractivity contribution is 5.88. The topological polar surface area (TPSA) is 66.2 Å². The van der Waals surface area contributed by atoms with Gasteiger partial charge in [0.2, 0.25) is 0 Å². The smallest absolute Gasteiger partial charge is 0.360 e. The molecule has 0 N–H and O–H groups in total. The Hall–Kier alpha value is -1.43. The van der Waals surface area contributed by atoms with E-state index in [9.17, 15) is 4.79 Å². The van der Waals surface area contributed by atoms with Crippen LogP contribution in [0.5, 0.6) is 0 Å². The van der Waals surface area contributed by atoms with Crippen molar-refractivity contribution in [3.05, 3.63) is 11.4 Å². The summed E-state index contributed by atoms with van der Waals surface area (Å²) in [6.45, 7) is 11.2. The number of hydrogen-bond acceptors (Lipinski definition) is 5. The lowest BCUT2D eigenvalue weighted by Crippen LogP contribution is -2.14. The first-order valence-electron chi connectivity index (χ1n) is 6.60. The Bertz CT molecular complexity index is 413. The van der Waals surface area contributed by atoms with Crippen LogP contribution in [0.1, 0.15) is 43.9 Å². The van der Waals surface area contributed by atoms with Crippen molar-refractivity contribution in [1.82, 2.24) is 15.0 Å². The minimum Gasteiger partial charge on any atom is -0.461 e. The lowest BCUT2D eigenvalue weighted by atomic mass is 10.2. The molecule has 108 valence electrons. The quantitative estimate of drug-likeness (QED) is 0.706. The van der Waals surface area contributed by atoms with Crippen molar-refractivity contribution in [3.63, 3.8) is 0 Å². The van der Waals surface area contributed by atoms with Crippen LogP contribution in [0, 0.1) is 12.8 Å². The zero-order valence-corrected chi connectivity index (χ0v) is 12.3. The molecule has 6 heteroatoms. The van der Waals surface area contributed by atoms with E-state index in [2.05, 4.69) is 10.3 Å². The number of carbonyl (C=O) groups excluding carboxylic acids is 1. The first-order chi connectivity index (χ1) is 8.91. The molecule has 0 spiro atoms. The van der Waals surface area contributed by atoms with Gasteiger partial charge >= 0.3 is 5.97 Å². The molecule has 0 aliphatic rings. The van der Waals surface area contributed by atoms with Gasteiger partial charge in [-0.05, 0) is 26.7 Å². The fourth-order valence-electron chi connectivity index (χ4n) is 1.45. The van der Waals surface area contributed by atoms with Gasteiger partial charge in [0.1, 0.15) is 0 Å². The second kappa shape index (κ2) is 7.23. The maximum atomic E-state index is 11.8. The lowest BCUT2D eigenvalue weighted by molar-refractivity contribution is 0.0450. The van der Waals surface area contributed by atoms with Crippen molar-refractivity contribution in [2.24, 2.45) is 5.92 Å². The molecule has 6 nitrogen and oxygen atoms in total. The largest absolute Gasteiger partial charge is 0.461 e. The molecule has 1 aromatic heterocycles. The van der Waals surface area contributed by atoms with Gasteiger partial charge < -0.3 is 9.47 Å². The van der Waals surface area contributed by atoms with Gasteiger partial charge in [-0.25, -0.2) is 9.48 Å². The molecule has 0 fully saturated rings. The molecule has 1 heterocycles. The molecule has 0 aliphatic carbocycles. The van der Waals surface area contributed by atoms with E-state index in [-0.39, 0.29) is 11.8 Å². The second-order valence-electron chi connectivity index (χ2n) is 5.16. The Labute approximate surface area is 114 Å². The van der Waals surface area contributed by atoms with Gasteiger partial charge in [-0.2, -0.15) is 0 Å². The number of carbonyl (C=O) groups is 1. The van der Waals surface area contributed by atoms with Crippen molar-refractivity contribution in [2.75, 3.05) is 13.2 Å². The summed E-state index contributed by atoms with van der Waals surface area (Å²) in [6, 6.07) is 0. The van der Waals surface area contributed by atoms with Crippen LogP contribution in [0.2, 0.25) is 0 Å². The monoisotopic (exact) mass is 269 g/mol. The fourth-order valence-corrected chi connectivity index (χ4v) is 1.45. The Morgan fingerprint density at radius 1 is 1.32 bits per heavy atom. The van der Waals surface area contributed by atoms with E-state index in [0.717, 1.165) is 0 Å². The molecule has 0 atom stereocenters. The Balaban J connectivity index is 2.57. The SMILES string of the molecule is Cc1c(C(=O)OCC(C)C)nnn1CCOC(C)C. The van der Waals surface area contributed by atoms with Crippen molar-refractivity contribution in [3.8, 4) is 0 Å². The van der Waals surface area contributed by atoms with E-state index in [1.54, 1.807) is 11.6 Å². The molecular weight excluding hydrogens is 246 g/mol. The standard InChI is InChI=1S/C13H23N3O3/c1-9(2)8-19-13(17)12-11(5)16(15-14-12)6-7-18-10(3)4/h9-10H,6-8H2,1-5H3. The van der Waals surface area contributed by atoms with Crippen molar-refractivity contribution < 1.29 is 14.3 Å². The number of rotatable bonds is 7. The highest BCUT2D eigenvalue weighted by atomic mass is 16.5. The van der Waals surface area contributed by atoms with Crippen molar-refractivity contribution in [2.45, 2.75) is 47.3 Å². The van der Waals surface area contributed by atoms with E-state index in [0.29, 0.717) is 31.4 Å². The minimum absolute atomic E-state index is 0.180. The molecule has 0 unspecified atom stereocenters. The molecule has 0 aliphatic heterocycles. The summed E-state index contributed by atoms with van der Waals surface area (Å²) in [5.74, 6) is -0.110. The zero-order valence-electron chi connectivity index (χ0n) is 12.3. The number of ether oxygens (including phenoxy) is 2. The van der Waals surface area contributed by atoms with Gasteiger partial charge in [-0.15, -0.1) is 5.10 Å². The second-order valence-corrected chi connectivity index (χ2v) is 5.16. The van der Waals surface area contributed by atoms with Crippen LogP contribution in [-0.4, -0.2) is 40.3 Å². The van der Waals surface area contributed by atoms with Crippen LogP contribution in [0.3, 0.4) is 0 Å². The maximum absolute atomic E-state index is 11.8.